The second-order valence-corrected chi connectivity index (χ2v) is 8.50. The molecule has 1 atom stereocenters. The minimum atomic E-state index is -0.622. The molecule has 0 fully saturated rings. The number of nitrogens with zero attached hydrogens (tertiary/aromatic N) is 4. The van der Waals surface area contributed by atoms with Crippen molar-refractivity contribution in [1.82, 2.24) is 14.1 Å². The fourth-order valence-corrected chi connectivity index (χ4v) is 4.67. The first kappa shape index (κ1) is 19.8. The van der Waals surface area contributed by atoms with E-state index in [1.165, 1.54) is 5.69 Å². The fraction of sp³-hybridized carbons (Fsp3) is 0.261. The summed E-state index contributed by atoms with van der Waals surface area (Å²) in [6.45, 7) is 2.70. The van der Waals surface area contributed by atoms with Crippen molar-refractivity contribution in [2.24, 2.45) is 18.1 Å². The number of para-hydroxylation sites is 1. The number of carbonyl (C=O) groups excluding carboxylic acids is 1. The van der Waals surface area contributed by atoms with Gasteiger partial charge < -0.3 is 18.4 Å². The van der Waals surface area contributed by atoms with E-state index in [0.717, 1.165) is 47.4 Å². The van der Waals surface area contributed by atoms with Crippen molar-refractivity contribution < 1.29 is 14.0 Å². The van der Waals surface area contributed by atoms with Crippen LogP contribution in [0.25, 0.3) is 10.9 Å². The molecule has 1 aliphatic rings. The number of oxime groups is 1. The molecule has 4 aromatic rings. The number of benzene rings is 1. The molecule has 0 N–H and O–H groups in total. The Balaban J connectivity index is 1.58. The van der Waals surface area contributed by atoms with Gasteiger partial charge in [-0.25, -0.2) is 9.78 Å². The predicted octanol–water partition coefficient (Wildman–Crippen LogP) is 4.86. The van der Waals surface area contributed by atoms with E-state index in [-0.39, 0.29) is 11.7 Å². The van der Waals surface area contributed by atoms with Gasteiger partial charge in [-0.15, -0.1) is 0 Å². The first-order chi connectivity index (χ1) is 15.0. The van der Waals surface area contributed by atoms with Crippen molar-refractivity contribution >= 4 is 38.5 Å². The number of aryl methyl sites for hydroxylation is 2. The molecule has 1 unspecified atom stereocenters. The van der Waals surface area contributed by atoms with Gasteiger partial charge in [-0.05, 0) is 53.9 Å². The molecule has 0 radical (unpaired) electrons. The van der Waals surface area contributed by atoms with Gasteiger partial charge in [-0.1, -0.05) is 23.4 Å². The van der Waals surface area contributed by atoms with Crippen LogP contribution in [0.1, 0.15) is 34.1 Å². The van der Waals surface area contributed by atoms with Crippen LogP contribution in [0.3, 0.4) is 0 Å². The van der Waals surface area contributed by atoms with Gasteiger partial charge >= 0.3 is 5.97 Å². The normalized spacial score (nSPS) is 17.3. The molecule has 7 nitrogen and oxygen atoms in total. The lowest BCUT2D eigenvalue weighted by molar-refractivity contribution is 0.0475. The van der Waals surface area contributed by atoms with Gasteiger partial charge in [-0.2, -0.15) is 0 Å². The number of hydrogen-bond donors (Lipinski definition) is 0. The van der Waals surface area contributed by atoms with E-state index in [2.05, 4.69) is 54.4 Å². The molecular weight excluding hydrogens is 460 g/mol. The van der Waals surface area contributed by atoms with Crippen molar-refractivity contribution in [3.05, 3.63) is 76.3 Å². The quantitative estimate of drug-likeness (QED) is 0.308. The number of imidazole rings is 1. The molecule has 0 saturated heterocycles. The molecule has 1 aliphatic carbocycles. The number of aromatic nitrogens is 3. The Bertz CT molecular complexity index is 1310. The van der Waals surface area contributed by atoms with Crippen molar-refractivity contribution in [2.75, 3.05) is 0 Å². The molecule has 0 saturated carbocycles. The highest BCUT2D eigenvalue weighted by atomic mass is 79.9. The van der Waals surface area contributed by atoms with Crippen LogP contribution >= 0.6 is 15.9 Å². The lowest BCUT2D eigenvalue weighted by atomic mass is 9.84. The van der Waals surface area contributed by atoms with E-state index in [9.17, 15) is 4.79 Å². The summed E-state index contributed by atoms with van der Waals surface area (Å²) < 4.78 is 10.1. The van der Waals surface area contributed by atoms with Gasteiger partial charge in [0.25, 0.3) is 0 Å². The second-order valence-electron chi connectivity index (χ2n) is 7.72. The average Bonchev–Trinajstić information content (AvgIpc) is 3.46. The SMILES string of the molecule is Cc1nccn1CC1CCc2c(c3ccccc3n2C)C1=NOC(=O)c1ccc(Br)o1. The van der Waals surface area contributed by atoms with Crippen molar-refractivity contribution in [2.45, 2.75) is 26.3 Å². The van der Waals surface area contributed by atoms with E-state index in [1.807, 2.05) is 25.3 Å². The first-order valence-corrected chi connectivity index (χ1v) is 10.9. The molecule has 0 amide bonds. The molecule has 0 aliphatic heterocycles. The summed E-state index contributed by atoms with van der Waals surface area (Å²) in [6, 6.07) is 11.5. The Morgan fingerprint density at radius 3 is 2.90 bits per heavy atom. The molecule has 0 spiro atoms. The zero-order valence-electron chi connectivity index (χ0n) is 17.2. The number of rotatable bonds is 4. The van der Waals surface area contributed by atoms with Crippen LogP contribution < -0.4 is 0 Å². The largest absolute Gasteiger partial charge is 0.442 e. The highest BCUT2D eigenvalue weighted by Crippen LogP contribution is 2.35. The van der Waals surface area contributed by atoms with Crippen LogP contribution in [-0.2, 0) is 24.9 Å². The zero-order valence-corrected chi connectivity index (χ0v) is 18.8. The third-order valence-corrected chi connectivity index (χ3v) is 6.37. The molecule has 1 aromatic carbocycles. The third-order valence-electron chi connectivity index (χ3n) is 5.94. The van der Waals surface area contributed by atoms with E-state index in [0.29, 0.717) is 4.67 Å². The first-order valence-electron chi connectivity index (χ1n) is 10.1. The average molecular weight is 481 g/mol. The van der Waals surface area contributed by atoms with Crippen molar-refractivity contribution in [3.8, 4) is 0 Å². The predicted molar refractivity (Wildman–Crippen MR) is 120 cm³/mol. The number of carbonyl (C=O) groups is 1. The summed E-state index contributed by atoms with van der Waals surface area (Å²) in [5, 5.41) is 5.52. The summed E-state index contributed by atoms with van der Waals surface area (Å²) >= 11 is 3.21. The summed E-state index contributed by atoms with van der Waals surface area (Å²) in [6.07, 6.45) is 5.60. The number of fused-ring (bicyclic) bond motifs is 3. The van der Waals surface area contributed by atoms with Gasteiger partial charge in [0.15, 0.2) is 4.67 Å². The van der Waals surface area contributed by atoms with Crippen LogP contribution in [0.5, 0.6) is 0 Å². The number of halogens is 1. The van der Waals surface area contributed by atoms with Gasteiger partial charge in [0, 0.05) is 54.1 Å². The summed E-state index contributed by atoms with van der Waals surface area (Å²) in [5.41, 5.74) is 4.18. The molecule has 3 aromatic heterocycles. The van der Waals surface area contributed by atoms with Gasteiger partial charge in [-0.3, -0.25) is 0 Å². The highest BCUT2D eigenvalue weighted by molar-refractivity contribution is 9.10. The van der Waals surface area contributed by atoms with E-state index in [1.54, 1.807) is 18.3 Å². The molecule has 158 valence electrons. The third kappa shape index (κ3) is 3.50. The maximum Gasteiger partial charge on any atom is 0.400 e. The lowest BCUT2D eigenvalue weighted by Crippen LogP contribution is -2.28. The number of furan rings is 1. The molecular formula is C23H21BrN4O3. The van der Waals surface area contributed by atoms with Crippen LogP contribution in [-0.4, -0.2) is 25.8 Å². The number of hydrogen-bond acceptors (Lipinski definition) is 5. The van der Waals surface area contributed by atoms with Crippen LogP contribution in [0.15, 0.2) is 63.0 Å². The van der Waals surface area contributed by atoms with Gasteiger partial charge in [0.2, 0.25) is 5.76 Å². The fourth-order valence-electron chi connectivity index (χ4n) is 4.37. The van der Waals surface area contributed by atoms with E-state index >= 15 is 0 Å². The van der Waals surface area contributed by atoms with E-state index in [4.69, 9.17) is 9.25 Å². The Morgan fingerprint density at radius 2 is 2.16 bits per heavy atom. The van der Waals surface area contributed by atoms with Crippen molar-refractivity contribution in [3.63, 3.8) is 0 Å². The topological polar surface area (TPSA) is 74.6 Å². The Labute approximate surface area is 187 Å². The molecule has 31 heavy (non-hydrogen) atoms. The highest BCUT2D eigenvalue weighted by Gasteiger charge is 2.32. The Kier molecular flexibility index (Phi) is 5.02. The zero-order chi connectivity index (χ0) is 21.5. The summed E-state index contributed by atoms with van der Waals surface area (Å²) in [5.74, 6) is 0.512. The smallest absolute Gasteiger partial charge is 0.400 e. The van der Waals surface area contributed by atoms with E-state index < -0.39 is 5.97 Å². The Hall–Kier alpha value is -3.13. The molecule has 0 bridgehead atoms. The monoisotopic (exact) mass is 480 g/mol. The molecule has 3 heterocycles. The van der Waals surface area contributed by atoms with Crippen molar-refractivity contribution in [1.29, 1.82) is 0 Å². The van der Waals surface area contributed by atoms with Crippen LogP contribution in [0, 0.1) is 12.8 Å². The summed E-state index contributed by atoms with van der Waals surface area (Å²) in [7, 11) is 2.07. The maximum atomic E-state index is 12.5. The summed E-state index contributed by atoms with van der Waals surface area (Å²) in [4.78, 5) is 22.2. The minimum absolute atomic E-state index is 0.0855. The van der Waals surface area contributed by atoms with Crippen LogP contribution in [0.4, 0.5) is 0 Å². The standard InChI is InChI=1S/C23H21BrN4O3/c1-14-25-11-12-28(14)13-15-7-8-18-21(16-5-3-4-6-17(16)27(18)2)22(15)26-31-23(29)19-9-10-20(24)30-19/h3-6,9-12,15H,7-8,13H2,1-2H3. The minimum Gasteiger partial charge on any atom is -0.442 e. The van der Waals surface area contributed by atoms with Gasteiger partial charge in [0.1, 0.15) is 5.82 Å². The molecule has 5 rings (SSSR count). The van der Waals surface area contributed by atoms with Crippen LogP contribution in [0.2, 0.25) is 0 Å². The molecule has 8 heteroatoms. The second kappa shape index (κ2) is 7.85. The van der Waals surface area contributed by atoms with Gasteiger partial charge in [0.05, 0.1) is 5.71 Å². The Morgan fingerprint density at radius 1 is 1.32 bits per heavy atom. The lowest BCUT2D eigenvalue weighted by Gasteiger charge is -2.25. The maximum absolute atomic E-state index is 12.5.